The van der Waals surface area contributed by atoms with Crippen molar-refractivity contribution in [1.82, 2.24) is 0 Å². The fourth-order valence-electron chi connectivity index (χ4n) is 1.31. The Morgan fingerprint density at radius 3 is 1.92 bits per heavy atom. The monoisotopic (exact) mass is 390 g/mol. The number of hydrogen-bond acceptors (Lipinski definition) is 11. The first-order chi connectivity index (χ1) is 10.3. The summed E-state index contributed by atoms with van der Waals surface area (Å²) in [5.41, 5.74) is -0.824. The molecular weight excluding hydrogens is 385 g/mol. The Labute approximate surface area is 155 Å². The Morgan fingerprint density at radius 2 is 1.54 bits per heavy atom. The minimum absolute atomic E-state index is 0. The third-order valence-electron chi connectivity index (χ3n) is 2.07. The minimum atomic E-state index is -5.85. The third kappa shape index (κ3) is 7.31. The van der Waals surface area contributed by atoms with Gasteiger partial charge in [-0.25, -0.2) is 0 Å². The van der Waals surface area contributed by atoms with Gasteiger partial charge in [0.05, 0.1) is 11.9 Å². The quantitative estimate of drug-likeness (QED) is 0.338. The average Bonchev–Trinajstić information content (AvgIpc) is 2.31. The second kappa shape index (κ2) is 8.43. The topological polar surface area (TPSA) is 222 Å². The Kier molecular flexibility index (Phi) is 8.10. The summed E-state index contributed by atoms with van der Waals surface area (Å²) < 4.78 is 29.6. The van der Waals surface area contributed by atoms with Gasteiger partial charge in [0.15, 0.2) is 5.85 Å². The zero-order valence-electron chi connectivity index (χ0n) is 11.6. The van der Waals surface area contributed by atoms with Gasteiger partial charge in [0.1, 0.15) is 11.5 Å². The van der Waals surface area contributed by atoms with Crippen LogP contribution in [-0.2, 0) is 13.9 Å². The van der Waals surface area contributed by atoms with E-state index in [1.54, 1.807) is 0 Å². The zero-order chi connectivity index (χ0) is 18.0. The van der Waals surface area contributed by atoms with Gasteiger partial charge < -0.3 is 53.2 Å². The summed E-state index contributed by atoms with van der Waals surface area (Å²) in [6, 6.07) is 1.59. The van der Waals surface area contributed by atoms with E-state index in [2.05, 4.69) is 9.26 Å². The fraction of sp³-hybridized carbons (Fsp3) is 0.111. The predicted molar refractivity (Wildman–Crippen MR) is 58.3 cm³/mol. The fourth-order valence-corrected chi connectivity index (χ4v) is 2.20. The Balaban J connectivity index is 0.00000529. The van der Waals surface area contributed by atoms with Crippen LogP contribution in [0.1, 0.15) is 10.4 Å². The van der Waals surface area contributed by atoms with Crippen LogP contribution in [0.3, 0.4) is 0 Å². The molecule has 0 heterocycles. The van der Waals surface area contributed by atoms with Gasteiger partial charge in [0.25, 0.3) is 0 Å². The second-order valence-corrected chi connectivity index (χ2v) is 6.54. The van der Waals surface area contributed by atoms with E-state index in [1.165, 1.54) is 0 Å². The van der Waals surface area contributed by atoms with Crippen molar-refractivity contribution in [1.29, 1.82) is 0 Å². The molecule has 128 valence electrons. The van der Waals surface area contributed by atoms with Crippen LogP contribution in [-0.4, -0.2) is 22.7 Å². The predicted octanol–water partition coefficient (Wildman–Crippen LogP) is -7.74. The van der Waals surface area contributed by atoms with Crippen LogP contribution in [0.2, 0.25) is 0 Å². The normalized spacial score (nSPS) is 14.7. The van der Waals surface area contributed by atoms with Gasteiger partial charge in [-0.15, -0.1) is 0 Å². The molecule has 0 spiro atoms. The number of carboxylic acid groups (broad SMARTS) is 2. The maximum absolute atomic E-state index is 10.7. The molecule has 24 heavy (non-hydrogen) atoms. The van der Waals surface area contributed by atoms with E-state index in [0.717, 1.165) is 0 Å². The van der Waals surface area contributed by atoms with Crippen LogP contribution in [0, 0.1) is 0 Å². The van der Waals surface area contributed by atoms with Gasteiger partial charge in [0.2, 0.25) is 0 Å². The molecule has 0 aliphatic heterocycles. The molecule has 15 heteroatoms. The summed E-state index contributed by atoms with van der Waals surface area (Å²) in [6.45, 7) is 0. The summed E-state index contributed by atoms with van der Waals surface area (Å²) in [6.07, 6.45) is 0. The number of carbonyl (C=O) groups excluding carboxylic acids is 2. The summed E-state index contributed by atoms with van der Waals surface area (Å²) in [5, 5.41) is 21.3. The van der Waals surface area contributed by atoms with Crippen LogP contribution in [0.5, 0.6) is 11.5 Å². The third-order valence-corrected chi connectivity index (χ3v) is 3.41. The van der Waals surface area contributed by atoms with E-state index in [0.29, 0.717) is 18.2 Å². The maximum Gasteiger partial charge on any atom is 1.00 e. The Bertz CT molecular complexity index is 721. The first-order valence-corrected chi connectivity index (χ1v) is 8.39. The molecule has 0 aromatic heterocycles. The number of phosphoric ester groups is 1. The van der Waals surface area contributed by atoms with Crippen LogP contribution < -0.4 is 63.7 Å². The van der Waals surface area contributed by atoms with Crippen molar-refractivity contribution in [2.75, 3.05) is 0 Å². The van der Waals surface area contributed by atoms with Crippen molar-refractivity contribution in [2.45, 2.75) is 5.85 Å². The van der Waals surface area contributed by atoms with E-state index in [9.17, 15) is 43.6 Å². The number of ether oxygens (including phenoxy) is 1. The number of phosphoric acid groups is 1. The molecule has 1 aromatic carbocycles. The number of hydrogen-bond donors (Lipinski definition) is 1. The van der Waals surface area contributed by atoms with Crippen LogP contribution in [0.4, 0.5) is 0 Å². The zero-order valence-corrected chi connectivity index (χ0v) is 15.4. The number of benzene rings is 1. The van der Waals surface area contributed by atoms with E-state index in [4.69, 9.17) is 4.89 Å². The Hall–Kier alpha value is -0.940. The molecule has 2 unspecified atom stereocenters. The number of aliphatic carboxylic acids is 1. The molecule has 0 fully saturated rings. The first-order valence-electron chi connectivity index (χ1n) is 5.28. The maximum atomic E-state index is 10.7. The number of carboxylic acids is 2. The summed E-state index contributed by atoms with van der Waals surface area (Å²) in [7, 11) is -11.2. The molecule has 1 rings (SSSR count). The van der Waals surface area contributed by atoms with Crippen molar-refractivity contribution in [3.8, 4) is 11.5 Å². The summed E-state index contributed by atoms with van der Waals surface area (Å²) in [5.74, 6) is -9.10. The van der Waals surface area contributed by atoms with Gasteiger partial charge in [-0.2, -0.15) is 0 Å². The standard InChI is InChI=1S/C9H10O12P2.Na/c10-7(11)4-1-5(3-6(2-4)21-23(17,18)19)20-9(8(12)13)22(14,15)16;/h1-3,9H,(H,10,11)(H,12,13)(H2,14,15,16)(H2,17,18,19);/q;+1/p-5. The van der Waals surface area contributed by atoms with Crippen LogP contribution >= 0.6 is 15.4 Å². The van der Waals surface area contributed by atoms with Gasteiger partial charge in [-0.1, -0.05) is 0 Å². The summed E-state index contributed by atoms with van der Waals surface area (Å²) >= 11 is 0. The molecule has 0 aliphatic rings. The molecule has 0 bridgehead atoms. The van der Waals surface area contributed by atoms with Crippen molar-refractivity contribution in [2.24, 2.45) is 0 Å². The molecule has 1 N–H and O–H groups in total. The van der Waals surface area contributed by atoms with Gasteiger partial charge in [-0.05, 0) is 19.7 Å². The Morgan fingerprint density at radius 1 is 1.04 bits per heavy atom. The molecule has 2 atom stereocenters. The van der Waals surface area contributed by atoms with E-state index in [1.807, 2.05) is 0 Å². The molecular formula is C9H5NaO12P2-4. The molecule has 0 aliphatic carbocycles. The van der Waals surface area contributed by atoms with Crippen molar-refractivity contribution in [3.63, 3.8) is 0 Å². The second-order valence-electron chi connectivity index (χ2n) is 3.87. The molecule has 0 saturated carbocycles. The van der Waals surface area contributed by atoms with Crippen LogP contribution in [0.15, 0.2) is 18.2 Å². The molecule has 12 nitrogen and oxygen atoms in total. The number of aromatic carboxylic acids is 1. The molecule has 0 radical (unpaired) electrons. The average molecular weight is 390 g/mol. The smallest absolute Gasteiger partial charge is 0.808 e. The van der Waals surface area contributed by atoms with E-state index in [-0.39, 0.29) is 29.6 Å². The molecule has 1 aromatic rings. The molecule has 0 saturated heterocycles. The first kappa shape index (κ1) is 23.1. The van der Waals surface area contributed by atoms with Gasteiger partial charge in [0, 0.05) is 11.6 Å². The van der Waals surface area contributed by atoms with Crippen molar-refractivity contribution < 1.29 is 87.3 Å². The van der Waals surface area contributed by atoms with Crippen molar-refractivity contribution >= 4 is 27.4 Å². The minimum Gasteiger partial charge on any atom is -0.808 e. The van der Waals surface area contributed by atoms with Crippen molar-refractivity contribution in [3.05, 3.63) is 23.8 Å². The number of rotatable bonds is 7. The van der Waals surface area contributed by atoms with Crippen LogP contribution in [0.25, 0.3) is 0 Å². The van der Waals surface area contributed by atoms with Gasteiger partial charge in [-0.3, -0.25) is 4.57 Å². The summed E-state index contributed by atoms with van der Waals surface area (Å²) in [4.78, 5) is 61.9. The van der Waals surface area contributed by atoms with E-state index < -0.39 is 50.3 Å². The molecule has 0 amide bonds. The SMILES string of the molecule is O=C([O-])c1cc(OC(C(=O)[O-])P(=O)([O-])[O-])cc(OP(=O)([O-])O)c1.[Na+]. The largest absolute Gasteiger partial charge is 1.00 e. The van der Waals surface area contributed by atoms with Gasteiger partial charge >= 0.3 is 37.4 Å². The number of carbonyl (C=O) groups is 2. The van der Waals surface area contributed by atoms with E-state index >= 15 is 0 Å².